The second-order valence-corrected chi connectivity index (χ2v) is 5.00. The molecular formula is C14H18N2O3S. The van der Waals surface area contributed by atoms with Crippen LogP contribution >= 0.6 is 11.3 Å². The van der Waals surface area contributed by atoms with Crippen LogP contribution in [0.4, 0.5) is 5.13 Å². The van der Waals surface area contributed by atoms with Gasteiger partial charge in [-0.25, -0.2) is 4.98 Å². The normalized spacial score (nSPS) is 10.2. The van der Waals surface area contributed by atoms with Gasteiger partial charge in [0.15, 0.2) is 16.6 Å². The third-order valence-electron chi connectivity index (χ3n) is 2.78. The van der Waals surface area contributed by atoms with Crippen LogP contribution in [0, 0.1) is 0 Å². The molecule has 0 aliphatic heterocycles. The van der Waals surface area contributed by atoms with Crippen LogP contribution in [-0.4, -0.2) is 32.9 Å². The quantitative estimate of drug-likeness (QED) is 0.886. The Balaban J connectivity index is 2.45. The molecule has 0 aliphatic carbocycles. The summed E-state index contributed by atoms with van der Waals surface area (Å²) in [7, 11) is 4.81. The first-order valence-corrected chi connectivity index (χ1v) is 7.05. The average Bonchev–Trinajstić information content (AvgIpc) is 2.94. The zero-order valence-corrected chi connectivity index (χ0v) is 12.8. The number of nitrogens with one attached hydrogen (secondary N) is 1. The highest BCUT2D eigenvalue weighted by Gasteiger charge is 2.15. The first kappa shape index (κ1) is 14.5. The molecule has 0 radical (unpaired) electrons. The summed E-state index contributed by atoms with van der Waals surface area (Å²) in [5, 5.41) is 4.10. The van der Waals surface area contributed by atoms with Crippen molar-refractivity contribution in [2.45, 2.75) is 6.92 Å². The fraction of sp³-hybridized carbons (Fsp3) is 0.357. The first-order valence-electron chi connectivity index (χ1n) is 6.23. The van der Waals surface area contributed by atoms with Crippen LogP contribution in [0.15, 0.2) is 18.3 Å². The van der Waals surface area contributed by atoms with Gasteiger partial charge in [0, 0.05) is 18.3 Å². The fourth-order valence-electron chi connectivity index (χ4n) is 1.86. The van der Waals surface area contributed by atoms with Gasteiger partial charge in [0.05, 0.1) is 26.2 Å². The van der Waals surface area contributed by atoms with Crippen LogP contribution in [0.25, 0.3) is 10.4 Å². The molecule has 6 heteroatoms. The molecular weight excluding hydrogens is 276 g/mol. The summed E-state index contributed by atoms with van der Waals surface area (Å²) < 4.78 is 16.0. The lowest BCUT2D eigenvalue weighted by Crippen LogP contribution is -1.95. The van der Waals surface area contributed by atoms with E-state index in [-0.39, 0.29) is 0 Å². The predicted molar refractivity (Wildman–Crippen MR) is 81.4 cm³/mol. The number of thiazole rings is 1. The Morgan fingerprint density at radius 2 is 1.75 bits per heavy atom. The molecule has 1 aromatic carbocycles. The minimum Gasteiger partial charge on any atom is -0.493 e. The predicted octanol–water partition coefficient (Wildman–Crippen LogP) is 3.27. The first-order chi connectivity index (χ1) is 9.73. The maximum atomic E-state index is 5.36. The Morgan fingerprint density at radius 3 is 2.25 bits per heavy atom. The lowest BCUT2D eigenvalue weighted by molar-refractivity contribution is 0.324. The average molecular weight is 294 g/mol. The minimum absolute atomic E-state index is 0.593. The van der Waals surface area contributed by atoms with Crippen molar-refractivity contribution >= 4 is 16.5 Å². The van der Waals surface area contributed by atoms with E-state index in [1.807, 2.05) is 25.3 Å². The van der Waals surface area contributed by atoms with E-state index in [9.17, 15) is 0 Å². The zero-order valence-electron chi connectivity index (χ0n) is 12.0. The number of hydrogen-bond acceptors (Lipinski definition) is 6. The summed E-state index contributed by atoms with van der Waals surface area (Å²) in [6, 6.07) is 3.84. The molecule has 108 valence electrons. The molecule has 0 spiro atoms. The Bertz CT molecular complexity index is 559. The molecule has 2 rings (SSSR count). The van der Waals surface area contributed by atoms with E-state index in [1.54, 1.807) is 32.7 Å². The third-order valence-corrected chi connectivity index (χ3v) is 3.79. The van der Waals surface area contributed by atoms with Crippen LogP contribution in [0.5, 0.6) is 17.2 Å². The van der Waals surface area contributed by atoms with Gasteiger partial charge in [-0.2, -0.15) is 0 Å². The molecule has 0 atom stereocenters. The number of nitrogens with zero attached hydrogens (tertiary/aromatic N) is 1. The summed E-state index contributed by atoms with van der Waals surface area (Å²) in [4.78, 5) is 5.37. The lowest BCUT2D eigenvalue weighted by atomic mass is 10.1. The molecule has 0 aliphatic rings. The van der Waals surface area contributed by atoms with Crippen LogP contribution in [0.1, 0.15) is 6.92 Å². The molecule has 1 aromatic heterocycles. The maximum absolute atomic E-state index is 5.36. The zero-order chi connectivity index (χ0) is 14.5. The summed E-state index contributed by atoms with van der Waals surface area (Å²) in [5.41, 5.74) is 0.987. The van der Waals surface area contributed by atoms with Crippen molar-refractivity contribution in [2.24, 2.45) is 0 Å². The smallest absolute Gasteiger partial charge is 0.203 e. The Labute approximate surface area is 122 Å². The van der Waals surface area contributed by atoms with E-state index >= 15 is 0 Å². The van der Waals surface area contributed by atoms with Crippen LogP contribution < -0.4 is 19.5 Å². The van der Waals surface area contributed by atoms with Gasteiger partial charge in [0.2, 0.25) is 5.75 Å². The third kappa shape index (κ3) is 2.80. The number of benzene rings is 1. The molecule has 0 amide bonds. The molecule has 20 heavy (non-hydrogen) atoms. The molecule has 0 fully saturated rings. The van der Waals surface area contributed by atoms with Gasteiger partial charge in [-0.15, -0.1) is 0 Å². The second-order valence-electron chi connectivity index (χ2n) is 3.97. The highest BCUT2D eigenvalue weighted by molar-refractivity contribution is 7.18. The minimum atomic E-state index is 0.593. The van der Waals surface area contributed by atoms with Crippen molar-refractivity contribution in [3.8, 4) is 27.7 Å². The standard InChI is InChI=1S/C14H18N2O3S/c1-5-15-14-16-8-12(20-14)9-6-10(17-2)13(19-4)11(7-9)18-3/h6-8H,5H2,1-4H3,(H,15,16). The number of anilines is 1. The van der Waals surface area contributed by atoms with E-state index in [0.29, 0.717) is 17.2 Å². The van der Waals surface area contributed by atoms with Gasteiger partial charge in [-0.05, 0) is 19.1 Å². The summed E-state index contributed by atoms with van der Waals surface area (Å²) in [6.07, 6.45) is 1.84. The second kappa shape index (κ2) is 6.47. The van der Waals surface area contributed by atoms with Crippen molar-refractivity contribution in [1.82, 2.24) is 4.98 Å². The van der Waals surface area contributed by atoms with Gasteiger partial charge in [0.25, 0.3) is 0 Å². The Kier molecular flexibility index (Phi) is 4.68. The number of rotatable bonds is 6. The molecule has 5 nitrogen and oxygen atoms in total. The lowest BCUT2D eigenvalue weighted by Gasteiger charge is -2.13. The number of aromatic nitrogens is 1. The Morgan fingerprint density at radius 1 is 1.10 bits per heavy atom. The van der Waals surface area contributed by atoms with Gasteiger partial charge in [-0.3, -0.25) is 0 Å². The number of methoxy groups -OCH3 is 3. The van der Waals surface area contributed by atoms with Crippen LogP contribution in [-0.2, 0) is 0 Å². The summed E-state index contributed by atoms with van der Waals surface area (Å²) in [5.74, 6) is 1.87. The van der Waals surface area contributed by atoms with Gasteiger partial charge >= 0.3 is 0 Å². The molecule has 0 saturated carbocycles. The maximum Gasteiger partial charge on any atom is 0.203 e. The summed E-state index contributed by atoms with van der Waals surface area (Å²) in [6.45, 7) is 2.89. The van der Waals surface area contributed by atoms with Crippen molar-refractivity contribution < 1.29 is 14.2 Å². The number of ether oxygens (including phenoxy) is 3. The monoisotopic (exact) mass is 294 g/mol. The largest absolute Gasteiger partial charge is 0.493 e. The van der Waals surface area contributed by atoms with E-state index in [2.05, 4.69) is 10.3 Å². The molecule has 1 heterocycles. The van der Waals surface area contributed by atoms with Crippen LogP contribution in [0.3, 0.4) is 0 Å². The molecule has 0 bridgehead atoms. The van der Waals surface area contributed by atoms with Crippen molar-refractivity contribution in [1.29, 1.82) is 0 Å². The SMILES string of the molecule is CCNc1ncc(-c2cc(OC)c(OC)c(OC)c2)s1. The van der Waals surface area contributed by atoms with Crippen molar-refractivity contribution in [3.63, 3.8) is 0 Å². The fourth-order valence-corrected chi connectivity index (χ4v) is 2.74. The van der Waals surface area contributed by atoms with Crippen molar-refractivity contribution in [3.05, 3.63) is 18.3 Å². The van der Waals surface area contributed by atoms with Gasteiger partial charge in [0.1, 0.15) is 0 Å². The highest BCUT2D eigenvalue weighted by Crippen LogP contribution is 2.42. The van der Waals surface area contributed by atoms with Gasteiger partial charge in [-0.1, -0.05) is 11.3 Å². The highest BCUT2D eigenvalue weighted by atomic mass is 32.1. The van der Waals surface area contributed by atoms with Gasteiger partial charge < -0.3 is 19.5 Å². The number of hydrogen-bond donors (Lipinski definition) is 1. The van der Waals surface area contributed by atoms with E-state index in [1.165, 1.54) is 0 Å². The molecule has 0 saturated heterocycles. The van der Waals surface area contributed by atoms with Crippen LogP contribution in [0.2, 0.25) is 0 Å². The molecule has 1 N–H and O–H groups in total. The van der Waals surface area contributed by atoms with Crippen molar-refractivity contribution in [2.75, 3.05) is 33.2 Å². The topological polar surface area (TPSA) is 52.6 Å². The van der Waals surface area contributed by atoms with E-state index in [4.69, 9.17) is 14.2 Å². The van der Waals surface area contributed by atoms with E-state index < -0.39 is 0 Å². The van der Waals surface area contributed by atoms with E-state index in [0.717, 1.165) is 22.1 Å². The molecule has 0 unspecified atom stereocenters. The summed E-state index contributed by atoms with van der Waals surface area (Å²) >= 11 is 1.59. The Hall–Kier alpha value is -1.95. The molecule has 2 aromatic rings.